The maximum Gasteiger partial charge on any atom is 0.0252 e. The van der Waals surface area contributed by atoms with Crippen molar-refractivity contribution >= 4 is 0 Å². The Labute approximate surface area is 108 Å². The first kappa shape index (κ1) is 15.0. The summed E-state index contributed by atoms with van der Waals surface area (Å²) >= 11 is 0. The molecule has 0 amide bonds. The first-order chi connectivity index (χ1) is 8.24. The molecule has 1 fully saturated rings. The maximum absolute atomic E-state index is 3.69. The van der Waals surface area contributed by atoms with Crippen LogP contribution in [0.1, 0.15) is 66.2 Å². The Hall–Kier alpha value is -0.0800. The Bertz CT molecular complexity index is 193. The predicted molar refractivity (Wildman–Crippen MR) is 76.5 cm³/mol. The highest BCUT2D eigenvalue weighted by molar-refractivity contribution is 4.91. The van der Waals surface area contributed by atoms with Crippen molar-refractivity contribution in [2.75, 3.05) is 13.1 Å². The zero-order chi connectivity index (χ0) is 12.7. The second-order valence-corrected chi connectivity index (χ2v) is 5.51. The highest BCUT2D eigenvalue weighted by atomic mass is 15.2. The molecule has 3 atom stereocenters. The van der Waals surface area contributed by atoms with E-state index in [2.05, 4.69) is 37.9 Å². The molecule has 2 heteroatoms. The summed E-state index contributed by atoms with van der Waals surface area (Å²) < 4.78 is 0. The number of hydrogen-bond acceptors (Lipinski definition) is 2. The van der Waals surface area contributed by atoms with Gasteiger partial charge in [-0.2, -0.15) is 0 Å². The van der Waals surface area contributed by atoms with Gasteiger partial charge in [0.1, 0.15) is 0 Å². The highest BCUT2D eigenvalue weighted by Crippen LogP contribution is 2.27. The van der Waals surface area contributed by atoms with E-state index in [4.69, 9.17) is 0 Å². The summed E-state index contributed by atoms with van der Waals surface area (Å²) in [4.78, 5) is 2.78. The molecule has 3 unspecified atom stereocenters. The van der Waals surface area contributed by atoms with Crippen molar-refractivity contribution in [3.63, 3.8) is 0 Å². The second kappa shape index (κ2) is 8.10. The van der Waals surface area contributed by atoms with E-state index in [-0.39, 0.29) is 0 Å². The van der Waals surface area contributed by atoms with Crippen LogP contribution in [0.4, 0.5) is 0 Å². The normalized spacial score (nSPS) is 26.6. The van der Waals surface area contributed by atoms with Crippen molar-refractivity contribution in [1.29, 1.82) is 0 Å². The van der Waals surface area contributed by atoms with Gasteiger partial charge in [0.15, 0.2) is 0 Å². The molecule has 0 bridgehead atoms. The van der Waals surface area contributed by atoms with Crippen LogP contribution >= 0.6 is 0 Å². The van der Waals surface area contributed by atoms with Gasteiger partial charge in [0.25, 0.3) is 0 Å². The van der Waals surface area contributed by atoms with Gasteiger partial charge in [-0.1, -0.05) is 33.6 Å². The summed E-state index contributed by atoms with van der Waals surface area (Å²) in [5.74, 6) is 0. The van der Waals surface area contributed by atoms with E-state index >= 15 is 0 Å². The average Bonchev–Trinajstić information content (AvgIpc) is 2.78. The van der Waals surface area contributed by atoms with Crippen LogP contribution in [-0.2, 0) is 0 Å². The van der Waals surface area contributed by atoms with Crippen LogP contribution in [0.15, 0.2) is 0 Å². The Morgan fingerprint density at radius 2 is 2.00 bits per heavy atom. The molecule has 0 heterocycles. The van der Waals surface area contributed by atoms with Crippen molar-refractivity contribution < 1.29 is 0 Å². The minimum atomic E-state index is 0.741. The summed E-state index contributed by atoms with van der Waals surface area (Å²) in [6, 6.07) is 2.27. The van der Waals surface area contributed by atoms with Gasteiger partial charge < -0.3 is 5.32 Å². The molecule has 0 aromatic carbocycles. The highest BCUT2D eigenvalue weighted by Gasteiger charge is 2.32. The zero-order valence-electron chi connectivity index (χ0n) is 12.3. The molecule has 1 rings (SSSR count). The fourth-order valence-electron chi connectivity index (χ4n) is 3.13. The van der Waals surface area contributed by atoms with Crippen molar-refractivity contribution in [2.45, 2.75) is 84.3 Å². The molecule has 1 saturated carbocycles. The molecule has 0 spiro atoms. The minimum Gasteiger partial charge on any atom is -0.313 e. The van der Waals surface area contributed by atoms with E-state index in [0.29, 0.717) is 0 Å². The lowest BCUT2D eigenvalue weighted by Crippen LogP contribution is -2.50. The fraction of sp³-hybridized carbons (Fsp3) is 1.00. The van der Waals surface area contributed by atoms with E-state index in [1.54, 1.807) is 0 Å². The third-order valence-electron chi connectivity index (χ3n) is 4.30. The maximum atomic E-state index is 3.69. The quantitative estimate of drug-likeness (QED) is 0.699. The van der Waals surface area contributed by atoms with E-state index in [1.165, 1.54) is 45.1 Å². The summed E-state index contributed by atoms with van der Waals surface area (Å²) in [7, 11) is 0. The first-order valence-electron chi connectivity index (χ1n) is 7.73. The van der Waals surface area contributed by atoms with Gasteiger partial charge in [0.05, 0.1) is 0 Å². The molecule has 17 heavy (non-hydrogen) atoms. The van der Waals surface area contributed by atoms with Gasteiger partial charge in [0, 0.05) is 18.1 Å². The third kappa shape index (κ3) is 4.26. The lowest BCUT2D eigenvalue weighted by Gasteiger charge is -2.37. The predicted octanol–water partition coefficient (Wildman–Crippen LogP) is 3.42. The number of nitrogens with one attached hydrogen (secondary N) is 1. The van der Waals surface area contributed by atoms with E-state index in [9.17, 15) is 0 Å². The molecule has 0 radical (unpaired) electrons. The minimum absolute atomic E-state index is 0.741. The van der Waals surface area contributed by atoms with E-state index in [1.807, 2.05) is 0 Å². The first-order valence-corrected chi connectivity index (χ1v) is 7.73. The number of hydrogen-bond donors (Lipinski definition) is 1. The van der Waals surface area contributed by atoms with Crippen LogP contribution in [0, 0.1) is 0 Å². The molecule has 1 aliphatic rings. The number of rotatable bonds is 8. The lowest BCUT2D eigenvalue weighted by atomic mass is 10.1. The number of unbranched alkanes of at least 4 members (excludes halogenated alkanes) is 1. The molecule has 102 valence electrons. The van der Waals surface area contributed by atoms with Gasteiger partial charge in [0.2, 0.25) is 0 Å². The average molecular weight is 240 g/mol. The van der Waals surface area contributed by atoms with E-state index < -0.39 is 0 Å². The van der Waals surface area contributed by atoms with Crippen LogP contribution in [-0.4, -0.2) is 36.1 Å². The van der Waals surface area contributed by atoms with Gasteiger partial charge in [-0.05, 0) is 45.7 Å². The molecule has 0 aromatic heterocycles. The largest absolute Gasteiger partial charge is 0.313 e. The fourth-order valence-corrected chi connectivity index (χ4v) is 3.13. The van der Waals surface area contributed by atoms with Crippen molar-refractivity contribution in [2.24, 2.45) is 0 Å². The molecule has 2 nitrogen and oxygen atoms in total. The molecular weight excluding hydrogens is 208 g/mol. The topological polar surface area (TPSA) is 15.3 Å². The van der Waals surface area contributed by atoms with Crippen LogP contribution in [0.25, 0.3) is 0 Å². The van der Waals surface area contributed by atoms with Gasteiger partial charge in [-0.15, -0.1) is 0 Å². The van der Waals surface area contributed by atoms with E-state index in [0.717, 1.165) is 24.7 Å². The molecular formula is C15H32N2. The Morgan fingerprint density at radius 1 is 1.24 bits per heavy atom. The smallest absolute Gasteiger partial charge is 0.0252 e. The number of nitrogens with zero attached hydrogens (tertiary/aromatic N) is 1. The summed E-state index contributed by atoms with van der Waals surface area (Å²) in [5.41, 5.74) is 0. The SMILES string of the molecule is CCCCN(C(C)CC)C1CCCC1NCC. The Balaban J connectivity index is 2.59. The zero-order valence-corrected chi connectivity index (χ0v) is 12.3. The summed E-state index contributed by atoms with van der Waals surface area (Å²) in [6.07, 6.45) is 8.11. The van der Waals surface area contributed by atoms with Crippen LogP contribution in [0.5, 0.6) is 0 Å². The van der Waals surface area contributed by atoms with Crippen LogP contribution < -0.4 is 5.32 Å². The number of likely N-dealkylation sites (N-methyl/N-ethyl adjacent to an activating group) is 1. The van der Waals surface area contributed by atoms with Crippen molar-refractivity contribution in [3.8, 4) is 0 Å². The molecule has 0 saturated heterocycles. The monoisotopic (exact) mass is 240 g/mol. The van der Waals surface area contributed by atoms with Gasteiger partial charge in [-0.3, -0.25) is 4.90 Å². The Kier molecular flexibility index (Phi) is 7.14. The van der Waals surface area contributed by atoms with Crippen molar-refractivity contribution in [3.05, 3.63) is 0 Å². The Morgan fingerprint density at radius 3 is 2.59 bits per heavy atom. The molecule has 0 aliphatic heterocycles. The standard InChI is InChI=1S/C15H32N2/c1-5-8-12-17(13(4)6-2)15-11-9-10-14(15)16-7-3/h13-16H,5-12H2,1-4H3. The molecule has 0 aromatic rings. The van der Waals surface area contributed by atoms with Gasteiger partial charge in [-0.25, -0.2) is 0 Å². The summed E-state index contributed by atoms with van der Waals surface area (Å²) in [6.45, 7) is 11.7. The molecule has 1 N–H and O–H groups in total. The van der Waals surface area contributed by atoms with Gasteiger partial charge >= 0.3 is 0 Å². The second-order valence-electron chi connectivity index (χ2n) is 5.51. The van der Waals surface area contributed by atoms with Crippen LogP contribution in [0.2, 0.25) is 0 Å². The summed E-state index contributed by atoms with van der Waals surface area (Å²) in [5, 5.41) is 3.69. The van der Waals surface area contributed by atoms with Crippen molar-refractivity contribution in [1.82, 2.24) is 10.2 Å². The molecule has 1 aliphatic carbocycles. The van der Waals surface area contributed by atoms with Crippen LogP contribution in [0.3, 0.4) is 0 Å². The lowest BCUT2D eigenvalue weighted by molar-refractivity contribution is 0.120. The third-order valence-corrected chi connectivity index (χ3v) is 4.30.